The molecule has 0 spiro atoms. The zero-order chi connectivity index (χ0) is 16.7. The maximum Gasteiger partial charge on any atom is 0.227 e. The van der Waals surface area contributed by atoms with Crippen molar-refractivity contribution in [1.29, 1.82) is 0 Å². The Morgan fingerprint density at radius 1 is 1.25 bits per heavy atom. The van der Waals surface area contributed by atoms with Crippen LogP contribution < -0.4 is 11.1 Å². The lowest BCUT2D eigenvalue weighted by Gasteiger charge is -2.26. The standard InChI is InChI=1S/C17H25N3O3.ClH/c1-13(18)2-7-16(21)19-15-5-3-14(4-6-15)12-17(22)20-8-10-23-11-9-20;/h3-6,13H,2,7-12,18H2,1H3,(H,19,21);1H. The summed E-state index contributed by atoms with van der Waals surface area (Å²) in [5, 5.41) is 2.83. The Hall–Kier alpha value is -1.63. The Balaban J connectivity index is 0.00000288. The van der Waals surface area contributed by atoms with Gasteiger partial charge in [-0.3, -0.25) is 9.59 Å². The van der Waals surface area contributed by atoms with E-state index in [1.54, 1.807) is 0 Å². The smallest absolute Gasteiger partial charge is 0.227 e. The molecule has 1 aromatic rings. The van der Waals surface area contributed by atoms with Crippen molar-refractivity contribution >= 4 is 29.9 Å². The molecule has 7 heteroatoms. The van der Waals surface area contributed by atoms with Crippen molar-refractivity contribution in [3.8, 4) is 0 Å². The van der Waals surface area contributed by atoms with Crippen molar-refractivity contribution in [1.82, 2.24) is 4.90 Å². The minimum absolute atomic E-state index is 0. The SMILES string of the molecule is CC(N)CCC(=O)Nc1ccc(CC(=O)N2CCOCC2)cc1.Cl. The molecule has 0 aliphatic carbocycles. The van der Waals surface area contributed by atoms with E-state index in [1.165, 1.54) is 0 Å². The van der Waals surface area contributed by atoms with Gasteiger partial charge in [0.05, 0.1) is 19.6 Å². The van der Waals surface area contributed by atoms with Crippen LogP contribution in [0.15, 0.2) is 24.3 Å². The van der Waals surface area contributed by atoms with Crippen LogP contribution in [0.2, 0.25) is 0 Å². The van der Waals surface area contributed by atoms with Gasteiger partial charge in [-0.1, -0.05) is 12.1 Å². The van der Waals surface area contributed by atoms with Crippen molar-refractivity contribution in [2.45, 2.75) is 32.2 Å². The molecule has 6 nitrogen and oxygen atoms in total. The molecule has 2 rings (SSSR count). The van der Waals surface area contributed by atoms with Crippen LogP contribution >= 0.6 is 12.4 Å². The summed E-state index contributed by atoms with van der Waals surface area (Å²) < 4.78 is 5.25. The second kappa shape index (κ2) is 10.3. The van der Waals surface area contributed by atoms with E-state index in [0.29, 0.717) is 45.6 Å². The van der Waals surface area contributed by atoms with Crippen molar-refractivity contribution < 1.29 is 14.3 Å². The minimum atomic E-state index is -0.0422. The Morgan fingerprint density at radius 3 is 2.46 bits per heavy atom. The topological polar surface area (TPSA) is 84.7 Å². The van der Waals surface area contributed by atoms with Crippen LogP contribution in [0.5, 0.6) is 0 Å². The summed E-state index contributed by atoms with van der Waals surface area (Å²) in [5.41, 5.74) is 7.32. The van der Waals surface area contributed by atoms with Gasteiger partial charge in [-0.2, -0.15) is 0 Å². The highest BCUT2D eigenvalue weighted by Gasteiger charge is 2.16. The summed E-state index contributed by atoms with van der Waals surface area (Å²) in [7, 11) is 0. The lowest BCUT2D eigenvalue weighted by Crippen LogP contribution is -2.41. The van der Waals surface area contributed by atoms with Gasteiger partial charge in [-0.05, 0) is 31.0 Å². The first kappa shape index (κ1) is 20.4. The number of halogens is 1. The van der Waals surface area contributed by atoms with Crippen LogP contribution in [-0.2, 0) is 20.7 Å². The van der Waals surface area contributed by atoms with Crippen LogP contribution in [0.3, 0.4) is 0 Å². The average molecular weight is 356 g/mol. The molecule has 134 valence electrons. The number of benzene rings is 1. The van der Waals surface area contributed by atoms with E-state index in [4.69, 9.17) is 10.5 Å². The van der Waals surface area contributed by atoms with Gasteiger partial charge in [0, 0.05) is 31.2 Å². The second-order valence-corrected chi connectivity index (χ2v) is 5.93. The fourth-order valence-corrected chi connectivity index (χ4v) is 2.39. The predicted octanol–water partition coefficient (Wildman–Crippen LogP) is 1.58. The van der Waals surface area contributed by atoms with Crippen LogP contribution in [0.25, 0.3) is 0 Å². The Morgan fingerprint density at radius 2 is 1.88 bits per heavy atom. The van der Waals surface area contributed by atoms with Crippen LogP contribution in [0, 0.1) is 0 Å². The van der Waals surface area contributed by atoms with Crippen molar-refractivity contribution in [3.63, 3.8) is 0 Å². The molecular weight excluding hydrogens is 330 g/mol. The maximum atomic E-state index is 12.2. The predicted molar refractivity (Wildman–Crippen MR) is 96.3 cm³/mol. The number of rotatable bonds is 6. The molecule has 24 heavy (non-hydrogen) atoms. The molecule has 0 radical (unpaired) electrons. The molecule has 1 heterocycles. The lowest BCUT2D eigenvalue weighted by molar-refractivity contribution is -0.134. The first-order valence-corrected chi connectivity index (χ1v) is 8.04. The van der Waals surface area contributed by atoms with Gasteiger partial charge in [0.1, 0.15) is 0 Å². The summed E-state index contributed by atoms with van der Waals surface area (Å²) in [6.07, 6.45) is 1.45. The molecule has 1 saturated heterocycles. The highest BCUT2D eigenvalue weighted by atomic mass is 35.5. The highest BCUT2D eigenvalue weighted by Crippen LogP contribution is 2.12. The zero-order valence-corrected chi connectivity index (χ0v) is 14.8. The molecule has 0 saturated carbocycles. The monoisotopic (exact) mass is 355 g/mol. The molecule has 3 N–H and O–H groups in total. The molecule has 1 atom stereocenters. The number of hydrogen-bond donors (Lipinski definition) is 2. The molecule has 1 aromatic carbocycles. The number of amides is 2. The quantitative estimate of drug-likeness (QED) is 0.811. The van der Waals surface area contributed by atoms with Crippen molar-refractivity contribution in [2.75, 3.05) is 31.6 Å². The summed E-state index contributed by atoms with van der Waals surface area (Å²) >= 11 is 0. The molecule has 1 fully saturated rings. The number of hydrogen-bond acceptors (Lipinski definition) is 4. The summed E-state index contributed by atoms with van der Waals surface area (Å²) in [5.74, 6) is 0.0708. The molecule has 0 aromatic heterocycles. The third-order valence-corrected chi connectivity index (χ3v) is 3.78. The third-order valence-electron chi connectivity index (χ3n) is 3.78. The zero-order valence-electron chi connectivity index (χ0n) is 14.0. The van der Waals surface area contributed by atoms with Gasteiger partial charge in [0.25, 0.3) is 0 Å². The van der Waals surface area contributed by atoms with E-state index >= 15 is 0 Å². The van der Waals surface area contributed by atoms with Crippen molar-refractivity contribution in [2.24, 2.45) is 5.73 Å². The number of anilines is 1. The van der Waals surface area contributed by atoms with E-state index in [1.807, 2.05) is 36.1 Å². The van der Waals surface area contributed by atoms with Crippen molar-refractivity contribution in [3.05, 3.63) is 29.8 Å². The number of ether oxygens (including phenoxy) is 1. The van der Waals surface area contributed by atoms with Gasteiger partial charge in [0.2, 0.25) is 11.8 Å². The molecule has 1 aliphatic heterocycles. The molecule has 1 unspecified atom stereocenters. The number of morpholine rings is 1. The number of nitrogens with two attached hydrogens (primary N) is 1. The number of carbonyl (C=O) groups excluding carboxylic acids is 2. The summed E-state index contributed by atoms with van der Waals surface area (Å²) in [4.78, 5) is 25.7. The fourth-order valence-electron chi connectivity index (χ4n) is 2.39. The molecular formula is C17H26ClN3O3. The van der Waals surface area contributed by atoms with Crippen LogP contribution in [-0.4, -0.2) is 49.1 Å². The fraction of sp³-hybridized carbons (Fsp3) is 0.529. The Bertz CT molecular complexity index is 528. The Kier molecular flexibility index (Phi) is 8.74. The number of carbonyl (C=O) groups is 2. The molecule has 1 aliphatic rings. The van der Waals surface area contributed by atoms with Gasteiger partial charge < -0.3 is 20.7 Å². The third kappa shape index (κ3) is 6.86. The Labute approximate surface area is 149 Å². The summed E-state index contributed by atoms with van der Waals surface area (Å²) in [6, 6.07) is 7.42. The minimum Gasteiger partial charge on any atom is -0.378 e. The first-order chi connectivity index (χ1) is 11.0. The van der Waals surface area contributed by atoms with E-state index in [2.05, 4.69) is 5.32 Å². The van der Waals surface area contributed by atoms with Gasteiger partial charge in [-0.25, -0.2) is 0 Å². The van der Waals surface area contributed by atoms with Crippen LogP contribution in [0.1, 0.15) is 25.3 Å². The van der Waals surface area contributed by atoms with E-state index in [-0.39, 0.29) is 30.3 Å². The number of nitrogens with one attached hydrogen (secondary N) is 1. The average Bonchev–Trinajstić information content (AvgIpc) is 2.55. The number of nitrogens with zero attached hydrogens (tertiary/aromatic N) is 1. The van der Waals surface area contributed by atoms with E-state index in [0.717, 1.165) is 11.3 Å². The molecule has 2 amide bonds. The normalized spacial score (nSPS) is 15.3. The summed E-state index contributed by atoms with van der Waals surface area (Å²) in [6.45, 7) is 4.42. The second-order valence-electron chi connectivity index (χ2n) is 5.93. The lowest BCUT2D eigenvalue weighted by atomic mass is 10.1. The first-order valence-electron chi connectivity index (χ1n) is 8.04. The van der Waals surface area contributed by atoms with Gasteiger partial charge in [0.15, 0.2) is 0 Å². The molecule has 0 bridgehead atoms. The van der Waals surface area contributed by atoms with Crippen LogP contribution in [0.4, 0.5) is 5.69 Å². The van der Waals surface area contributed by atoms with Gasteiger partial charge in [-0.15, -0.1) is 12.4 Å². The van der Waals surface area contributed by atoms with E-state index < -0.39 is 0 Å². The highest BCUT2D eigenvalue weighted by molar-refractivity contribution is 5.90. The van der Waals surface area contributed by atoms with Gasteiger partial charge >= 0.3 is 0 Å². The maximum absolute atomic E-state index is 12.2. The van der Waals surface area contributed by atoms with E-state index in [9.17, 15) is 9.59 Å². The largest absolute Gasteiger partial charge is 0.378 e.